The molecule has 1 amide bonds. The molecule has 0 radical (unpaired) electrons. The molecule has 0 aliphatic rings. The molecule has 1 aromatic heterocycles. The highest BCUT2D eigenvalue weighted by molar-refractivity contribution is 5.94. The van der Waals surface area contributed by atoms with E-state index in [9.17, 15) is 9.90 Å². The minimum absolute atomic E-state index is 0.211. The molecule has 0 aliphatic carbocycles. The van der Waals surface area contributed by atoms with Gasteiger partial charge in [-0.25, -0.2) is 5.43 Å². The Balaban J connectivity index is 2.00. The molecular weight excluding hydrogens is 258 g/mol. The van der Waals surface area contributed by atoms with Crippen molar-refractivity contribution in [2.45, 2.75) is 6.92 Å². The highest BCUT2D eigenvalue weighted by Gasteiger charge is 2.03. The Morgan fingerprint density at radius 2 is 2.05 bits per heavy atom. The first-order valence-corrected chi connectivity index (χ1v) is 5.84. The van der Waals surface area contributed by atoms with E-state index in [0.717, 1.165) is 5.69 Å². The Hall–Kier alpha value is -2.89. The smallest absolute Gasteiger partial charge is 0.272 e. The lowest BCUT2D eigenvalue weighted by atomic mass is 10.2. The molecule has 0 bridgehead atoms. The summed E-state index contributed by atoms with van der Waals surface area (Å²) >= 11 is 0. The van der Waals surface area contributed by atoms with E-state index in [2.05, 4.69) is 15.5 Å². The van der Waals surface area contributed by atoms with E-state index in [1.165, 1.54) is 24.5 Å². The summed E-state index contributed by atoms with van der Waals surface area (Å²) in [6.45, 7) is 1.83. The van der Waals surface area contributed by atoms with Crippen molar-refractivity contribution in [2.24, 2.45) is 5.10 Å². The van der Waals surface area contributed by atoms with Crippen molar-refractivity contribution in [2.75, 3.05) is 0 Å². The van der Waals surface area contributed by atoms with Crippen molar-refractivity contribution in [1.29, 1.82) is 0 Å². The van der Waals surface area contributed by atoms with Crippen molar-refractivity contribution < 1.29 is 15.0 Å². The van der Waals surface area contributed by atoms with Crippen LogP contribution in [0.3, 0.4) is 0 Å². The SMILES string of the molecule is Cc1ccc(C(=O)NN=Cc2ccc(O)c(O)c2)cn1. The van der Waals surface area contributed by atoms with E-state index >= 15 is 0 Å². The van der Waals surface area contributed by atoms with Crippen molar-refractivity contribution >= 4 is 12.1 Å². The molecule has 2 aromatic rings. The molecule has 3 N–H and O–H groups in total. The third-order valence-electron chi connectivity index (χ3n) is 2.55. The lowest BCUT2D eigenvalue weighted by molar-refractivity contribution is 0.0955. The van der Waals surface area contributed by atoms with Crippen LogP contribution in [-0.4, -0.2) is 27.3 Å². The predicted octanol–water partition coefficient (Wildman–Crippen LogP) is 1.57. The van der Waals surface area contributed by atoms with Crippen LogP contribution in [0.4, 0.5) is 0 Å². The van der Waals surface area contributed by atoms with E-state index in [1.807, 2.05) is 6.92 Å². The molecule has 2 rings (SSSR count). The first-order valence-electron chi connectivity index (χ1n) is 5.84. The number of benzene rings is 1. The van der Waals surface area contributed by atoms with Gasteiger partial charge in [0.1, 0.15) is 0 Å². The number of amides is 1. The molecule has 6 heteroatoms. The quantitative estimate of drug-likeness (QED) is 0.448. The van der Waals surface area contributed by atoms with E-state index < -0.39 is 0 Å². The van der Waals surface area contributed by atoms with Crippen LogP contribution >= 0.6 is 0 Å². The first kappa shape index (κ1) is 13.5. The molecule has 102 valence electrons. The van der Waals surface area contributed by atoms with Crippen LogP contribution in [0, 0.1) is 6.92 Å². The molecule has 0 saturated carbocycles. The van der Waals surface area contributed by atoms with E-state index in [4.69, 9.17) is 5.11 Å². The van der Waals surface area contributed by atoms with Gasteiger partial charge in [0, 0.05) is 11.9 Å². The topological polar surface area (TPSA) is 94.8 Å². The van der Waals surface area contributed by atoms with Gasteiger partial charge in [-0.3, -0.25) is 9.78 Å². The molecular formula is C14H13N3O3. The number of carbonyl (C=O) groups is 1. The zero-order valence-electron chi connectivity index (χ0n) is 10.7. The lowest BCUT2D eigenvalue weighted by Crippen LogP contribution is -2.17. The second kappa shape index (κ2) is 5.83. The molecule has 0 fully saturated rings. The van der Waals surface area contributed by atoms with Gasteiger partial charge in [0.2, 0.25) is 0 Å². The Kier molecular flexibility index (Phi) is 3.95. The van der Waals surface area contributed by atoms with Gasteiger partial charge in [-0.05, 0) is 42.8 Å². The molecule has 6 nitrogen and oxygen atoms in total. The zero-order valence-corrected chi connectivity index (χ0v) is 10.7. The lowest BCUT2D eigenvalue weighted by Gasteiger charge is -2.00. The zero-order chi connectivity index (χ0) is 14.5. The van der Waals surface area contributed by atoms with Gasteiger partial charge in [0.15, 0.2) is 11.5 Å². The number of aryl methyl sites for hydroxylation is 1. The summed E-state index contributed by atoms with van der Waals surface area (Å²) in [5.41, 5.74) is 4.12. The Morgan fingerprint density at radius 1 is 1.25 bits per heavy atom. The number of rotatable bonds is 3. The largest absolute Gasteiger partial charge is 0.504 e. The van der Waals surface area contributed by atoms with Crippen LogP contribution in [0.25, 0.3) is 0 Å². The van der Waals surface area contributed by atoms with E-state index in [-0.39, 0.29) is 17.4 Å². The molecule has 1 aromatic carbocycles. The molecule has 1 heterocycles. The molecule has 0 saturated heterocycles. The van der Waals surface area contributed by atoms with Crippen LogP contribution in [-0.2, 0) is 0 Å². The third-order valence-corrected chi connectivity index (χ3v) is 2.55. The summed E-state index contributed by atoms with van der Waals surface area (Å²) in [6, 6.07) is 7.61. The van der Waals surface area contributed by atoms with Crippen LogP contribution < -0.4 is 5.43 Å². The van der Waals surface area contributed by atoms with Crippen LogP contribution in [0.15, 0.2) is 41.6 Å². The van der Waals surface area contributed by atoms with Gasteiger partial charge in [0.25, 0.3) is 5.91 Å². The molecule has 20 heavy (non-hydrogen) atoms. The fourth-order valence-electron chi connectivity index (χ4n) is 1.45. The normalized spacial score (nSPS) is 10.7. The maximum Gasteiger partial charge on any atom is 0.272 e. The van der Waals surface area contributed by atoms with Crippen molar-refractivity contribution in [3.8, 4) is 11.5 Å². The van der Waals surface area contributed by atoms with Gasteiger partial charge in [-0.2, -0.15) is 5.10 Å². The van der Waals surface area contributed by atoms with Gasteiger partial charge in [-0.15, -0.1) is 0 Å². The van der Waals surface area contributed by atoms with Crippen LogP contribution in [0.2, 0.25) is 0 Å². The van der Waals surface area contributed by atoms with Gasteiger partial charge >= 0.3 is 0 Å². The molecule has 0 spiro atoms. The number of nitrogens with one attached hydrogen (secondary N) is 1. The maximum absolute atomic E-state index is 11.7. The maximum atomic E-state index is 11.7. The summed E-state index contributed by atoms with van der Waals surface area (Å²) < 4.78 is 0. The number of nitrogens with zero attached hydrogens (tertiary/aromatic N) is 2. The van der Waals surface area contributed by atoms with Crippen LogP contribution in [0.5, 0.6) is 11.5 Å². The standard InChI is InChI=1S/C14H13N3O3/c1-9-2-4-11(8-15-9)14(20)17-16-7-10-3-5-12(18)13(19)6-10/h2-8,18-19H,1H3,(H,17,20). The Labute approximate surface area is 115 Å². The average molecular weight is 271 g/mol. The second-order valence-corrected chi connectivity index (χ2v) is 4.14. The average Bonchev–Trinajstić information content (AvgIpc) is 2.43. The monoisotopic (exact) mass is 271 g/mol. The number of hydrogen-bond acceptors (Lipinski definition) is 5. The first-order chi connectivity index (χ1) is 9.56. The highest BCUT2D eigenvalue weighted by atomic mass is 16.3. The Morgan fingerprint density at radius 3 is 2.70 bits per heavy atom. The number of hydrazone groups is 1. The summed E-state index contributed by atoms with van der Waals surface area (Å²) in [7, 11) is 0. The predicted molar refractivity (Wildman–Crippen MR) is 73.8 cm³/mol. The summed E-state index contributed by atoms with van der Waals surface area (Å²) in [6.07, 6.45) is 2.82. The highest BCUT2D eigenvalue weighted by Crippen LogP contribution is 2.23. The molecule has 0 unspecified atom stereocenters. The number of aromatic nitrogens is 1. The van der Waals surface area contributed by atoms with Gasteiger partial charge in [0.05, 0.1) is 11.8 Å². The fraction of sp³-hybridized carbons (Fsp3) is 0.0714. The van der Waals surface area contributed by atoms with Gasteiger partial charge in [-0.1, -0.05) is 0 Å². The number of carbonyl (C=O) groups excluding carboxylic acids is 1. The number of phenols is 2. The van der Waals surface area contributed by atoms with Crippen molar-refractivity contribution in [3.63, 3.8) is 0 Å². The Bertz CT molecular complexity index is 651. The molecule has 0 atom stereocenters. The summed E-state index contributed by atoms with van der Waals surface area (Å²) in [4.78, 5) is 15.7. The van der Waals surface area contributed by atoms with Crippen molar-refractivity contribution in [1.82, 2.24) is 10.4 Å². The van der Waals surface area contributed by atoms with Crippen molar-refractivity contribution in [3.05, 3.63) is 53.3 Å². The van der Waals surface area contributed by atoms with E-state index in [1.54, 1.807) is 18.2 Å². The second-order valence-electron chi connectivity index (χ2n) is 4.14. The minimum atomic E-state index is -0.378. The number of hydrogen-bond donors (Lipinski definition) is 3. The van der Waals surface area contributed by atoms with E-state index in [0.29, 0.717) is 11.1 Å². The summed E-state index contributed by atoms with van der Waals surface area (Å²) in [5, 5.41) is 22.2. The summed E-state index contributed by atoms with van der Waals surface area (Å²) in [5.74, 6) is -0.836. The minimum Gasteiger partial charge on any atom is -0.504 e. The van der Waals surface area contributed by atoms with Crippen LogP contribution in [0.1, 0.15) is 21.6 Å². The number of aromatic hydroxyl groups is 2. The van der Waals surface area contributed by atoms with Gasteiger partial charge < -0.3 is 10.2 Å². The fourth-order valence-corrected chi connectivity index (χ4v) is 1.45. The molecule has 0 aliphatic heterocycles. The number of pyridine rings is 1. The number of phenolic OH excluding ortho intramolecular Hbond substituents is 2. The third kappa shape index (κ3) is 3.32.